The van der Waals surface area contributed by atoms with Gasteiger partial charge in [0.1, 0.15) is 0 Å². The molecule has 7 nitrogen and oxygen atoms in total. The van der Waals surface area contributed by atoms with Crippen LogP contribution in [0.15, 0.2) is 48.5 Å². The lowest BCUT2D eigenvalue weighted by molar-refractivity contribution is -0.384. The lowest BCUT2D eigenvalue weighted by atomic mass is 10.1. The fourth-order valence-corrected chi connectivity index (χ4v) is 2.29. The minimum atomic E-state index is -0.498. The first-order valence-electron chi connectivity index (χ1n) is 7.92. The number of hydrogen-bond donors (Lipinski definition) is 1. The van der Waals surface area contributed by atoms with Gasteiger partial charge in [0.05, 0.1) is 17.1 Å². The fraction of sp³-hybridized carbons (Fsp3) is 0.158. The Balaban J connectivity index is 2.13. The van der Waals surface area contributed by atoms with Gasteiger partial charge in [0.2, 0.25) is 5.91 Å². The van der Waals surface area contributed by atoms with Gasteiger partial charge in [-0.1, -0.05) is 18.2 Å². The molecular weight excluding hydrogens is 336 g/mol. The predicted octanol–water partition coefficient (Wildman–Crippen LogP) is 3.73. The highest BCUT2D eigenvalue weighted by molar-refractivity contribution is 6.03. The van der Waals surface area contributed by atoms with E-state index in [-0.39, 0.29) is 12.3 Å². The third kappa shape index (κ3) is 4.76. The molecule has 0 atom stereocenters. The van der Waals surface area contributed by atoms with Gasteiger partial charge >= 0.3 is 5.97 Å². The Bertz CT molecular complexity index is 874. The second kappa shape index (κ2) is 8.57. The molecular formula is C19H18N2O5. The summed E-state index contributed by atoms with van der Waals surface area (Å²) in [6.45, 7) is 3.70. The van der Waals surface area contributed by atoms with Crippen LogP contribution in [0.5, 0.6) is 0 Å². The monoisotopic (exact) mass is 354 g/mol. The van der Waals surface area contributed by atoms with Gasteiger partial charge in [-0.05, 0) is 43.2 Å². The molecule has 0 aliphatic carbocycles. The van der Waals surface area contributed by atoms with Crippen LogP contribution in [-0.2, 0) is 9.53 Å². The Morgan fingerprint density at radius 1 is 1.23 bits per heavy atom. The van der Waals surface area contributed by atoms with Crippen molar-refractivity contribution in [3.05, 3.63) is 75.3 Å². The van der Waals surface area contributed by atoms with Gasteiger partial charge in [-0.25, -0.2) is 4.79 Å². The van der Waals surface area contributed by atoms with Crippen molar-refractivity contribution >= 4 is 29.3 Å². The van der Waals surface area contributed by atoms with Gasteiger partial charge in [-0.2, -0.15) is 0 Å². The van der Waals surface area contributed by atoms with E-state index in [0.29, 0.717) is 22.4 Å². The van der Waals surface area contributed by atoms with Crippen LogP contribution in [0.25, 0.3) is 6.08 Å². The molecule has 0 saturated heterocycles. The molecule has 134 valence electrons. The van der Waals surface area contributed by atoms with Crippen molar-refractivity contribution in [3.63, 3.8) is 0 Å². The van der Waals surface area contributed by atoms with E-state index in [1.807, 2.05) is 0 Å². The molecule has 0 aromatic heterocycles. The van der Waals surface area contributed by atoms with E-state index in [2.05, 4.69) is 5.32 Å². The number of nitro benzene ring substituents is 1. The van der Waals surface area contributed by atoms with E-state index in [0.717, 1.165) is 0 Å². The highest BCUT2D eigenvalue weighted by Gasteiger charge is 2.13. The van der Waals surface area contributed by atoms with Crippen molar-refractivity contribution in [2.24, 2.45) is 0 Å². The average Bonchev–Trinajstić information content (AvgIpc) is 2.62. The molecule has 2 aromatic carbocycles. The van der Waals surface area contributed by atoms with Crippen LogP contribution in [0.2, 0.25) is 0 Å². The molecule has 1 amide bonds. The summed E-state index contributed by atoms with van der Waals surface area (Å²) in [7, 11) is 0. The maximum Gasteiger partial charge on any atom is 0.338 e. The van der Waals surface area contributed by atoms with E-state index in [9.17, 15) is 19.7 Å². The summed E-state index contributed by atoms with van der Waals surface area (Å²) in [6.07, 6.45) is 2.75. The van der Waals surface area contributed by atoms with Crippen molar-refractivity contribution in [2.75, 3.05) is 11.9 Å². The maximum atomic E-state index is 12.1. The molecule has 2 aromatic rings. The van der Waals surface area contributed by atoms with E-state index in [1.165, 1.54) is 24.3 Å². The van der Waals surface area contributed by atoms with E-state index in [4.69, 9.17) is 4.74 Å². The predicted molar refractivity (Wildman–Crippen MR) is 97.9 cm³/mol. The maximum absolute atomic E-state index is 12.1. The molecule has 0 heterocycles. The first kappa shape index (κ1) is 18.9. The topological polar surface area (TPSA) is 98.5 Å². The molecule has 26 heavy (non-hydrogen) atoms. The number of nitro groups is 1. The second-order valence-electron chi connectivity index (χ2n) is 5.37. The van der Waals surface area contributed by atoms with Crippen molar-refractivity contribution in [2.45, 2.75) is 13.8 Å². The zero-order chi connectivity index (χ0) is 19.1. The summed E-state index contributed by atoms with van der Waals surface area (Å²) in [5.74, 6) is -0.867. The molecule has 2 rings (SSSR count). The van der Waals surface area contributed by atoms with Crippen LogP contribution < -0.4 is 5.32 Å². The Morgan fingerprint density at radius 2 is 1.96 bits per heavy atom. The van der Waals surface area contributed by atoms with Gasteiger partial charge < -0.3 is 10.1 Å². The van der Waals surface area contributed by atoms with Crippen LogP contribution in [0.3, 0.4) is 0 Å². The molecule has 1 N–H and O–H groups in total. The standard InChI is InChI=1S/C19H18N2O5/c1-3-26-19(23)16-8-5-9-17(13(16)2)20-18(22)11-10-14-6-4-7-15(12-14)21(24)25/h4-12H,3H2,1-2H3,(H,20,22)/b11-10+. The fourth-order valence-electron chi connectivity index (χ4n) is 2.29. The second-order valence-corrected chi connectivity index (χ2v) is 5.37. The molecule has 0 radical (unpaired) electrons. The van der Waals surface area contributed by atoms with Gasteiger partial charge in [-0.15, -0.1) is 0 Å². The number of nitrogens with zero attached hydrogens (tertiary/aromatic N) is 1. The quantitative estimate of drug-likeness (QED) is 0.369. The van der Waals surface area contributed by atoms with Crippen molar-refractivity contribution in [3.8, 4) is 0 Å². The van der Waals surface area contributed by atoms with Crippen LogP contribution in [0.1, 0.15) is 28.4 Å². The molecule has 0 unspecified atom stereocenters. The first-order valence-corrected chi connectivity index (χ1v) is 7.92. The van der Waals surface area contributed by atoms with Crippen molar-refractivity contribution in [1.82, 2.24) is 0 Å². The molecule has 0 saturated carbocycles. The Hall–Kier alpha value is -3.48. The number of hydrogen-bond acceptors (Lipinski definition) is 5. The van der Waals surface area contributed by atoms with Crippen LogP contribution in [0.4, 0.5) is 11.4 Å². The van der Waals surface area contributed by atoms with Gasteiger partial charge in [0.25, 0.3) is 5.69 Å². The average molecular weight is 354 g/mol. The summed E-state index contributed by atoms with van der Waals surface area (Å²) in [6, 6.07) is 10.9. The van der Waals surface area contributed by atoms with E-state index < -0.39 is 16.8 Å². The largest absolute Gasteiger partial charge is 0.462 e. The number of esters is 1. The molecule has 7 heteroatoms. The number of anilines is 1. The van der Waals surface area contributed by atoms with E-state index in [1.54, 1.807) is 44.2 Å². The summed E-state index contributed by atoms with van der Waals surface area (Å²) in [4.78, 5) is 34.3. The van der Waals surface area contributed by atoms with E-state index >= 15 is 0 Å². The number of carbonyl (C=O) groups is 2. The third-order valence-corrected chi connectivity index (χ3v) is 3.60. The SMILES string of the molecule is CCOC(=O)c1cccc(NC(=O)/C=C/c2cccc([N+](=O)[O-])c2)c1C. The normalized spacial score (nSPS) is 10.5. The molecule has 0 spiro atoms. The van der Waals surface area contributed by atoms with Crippen LogP contribution in [-0.4, -0.2) is 23.4 Å². The van der Waals surface area contributed by atoms with Gasteiger partial charge in [0, 0.05) is 23.9 Å². The van der Waals surface area contributed by atoms with Crippen molar-refractivity contribution < 1.29 is 19.2 Å². The number of nitrogens with one attached hydrogen (secondary N) is 1. The number of amides is 1. The Morgan fingerprint density at radius 3 is 2.65 bits per heavy atom. The Kier molecular flexibility index (Phi) is 6.21. The number of rotatable bonds is 6. The summed E-state index contributed by atoms with van der Waals surface area (Å²) < 4.78 is 4.98. The molecule has 0 fully saturated rings. The summed E-state index contributed by atoms with van der Waals surface area (Å²) in [5, 5.41) is 13.5. The zero-order valence-electron chi connectivity index (χ0n) is 14.4. The van der Waals surface area contributed by atoms with Crippen LogP contribution in [0, 0.1) is 17.0 Å². The lowest BCUT2D eigenvalue weighted by Crippen LogP contribution is -2.12. The highest BCUT2D eigenvalue weighted by atomic mass is 16.6. The van der Waals surface area contributed by atoms with Gasteiger partial charge in [0.15, 0.2) is 0 Å². The number of benzene rings is 2. The van der Waals surface area contributed by atoms with Gasteiger partial charge in [-0.3, -0.25) is 14.9 Å². The molecule has 0 bridgehead atoms. The first-order chi connectivity index (χ1) is 12.4. The number of non-ortho nitro benzene ring substituents is 1. The number of carbonyl (C=O) groups excluding carboxylic acids is 2. The third-order valence-electron chi connectivity index (χ3n) is 3.60. The highest BCUT2D eigenvalue weighted by Crippen LogP contribution is 2.20. The molecule has 0 aliphatic heterocycles. The summed E-state index contributed by atoms with van der Waals surface area (Å²) >= 11 is 0. The minimum absolute atomic E-state index is 0.0504. The number of ether oxygens (including phenoxy) is 1. The minimum Gasteiger partial charge on any atom is -0.462 e. The smallest absolute Gasteiger partial charge is 0.338 e. The molecule has 0 aliphatic rings. The van der Waals surface area contributed by atoms with Crippen molar-refractivity contribution in [1.29, 1.82) is 0 Å². The zero-order valence-corrected chi connectivity index (χ0v) is 14.4. The summed E-state index contributed by atoms with van der Waals surface area (Å²) in [5.41, 5.74) is 1.96. The lowest BCUT2D eigenvalue weighted by Gasteiger charge is -2.10. The Labute approximate surface area is 150 Å². The van der Waals surface area contributed by atoms with Crippen LogP contribution >= 0.6 is 0 Å².